The average Bonchev–Trinajstić information content (AvgIpc) is 3.20. The van der Waals surface area contributed by atoms with Gasteiger partial charge in [-0.25, -0.2) is 4.79 Å². The van der Waals surface area contributed by atoms with Gasteiger partial charge in [-0.1, -0.05) is 12.1 Å². The molecule has 0 aromatic heterocycles. The van der Waals surface area contributed by atoms with Gasteiger partial charge >= 0.3 is 6.09 Å². The summed E-state index contributed by atoms with van der Waals surface area (Å²) in [5, 5.41) is 5.77. The molecule has 2 N–H and O–H groups in total. The second-order valence-corrected chi connectivity index (χ2v) is 10.5. The Morgan fingerprint density at radius 1 is 0.725 bits per heavy atom. The summed E-state index contributed by atoms with van der Waals surface area (Å²) in [7, 11) is 1.57. The normalized spacial score (nSPS) is 13.7. The molecule has 0 spiro atoms. The van der Waals surface area contributed by atoms with Crippen molar-refractivity contribution in [2.45, 2.75) is 32.8 Å². The van der Waals surface area contributed by atoms with Gasteiger partial charge in [0.05, 0.1) is 18.5 Å². The first-order chi connectivity index (χ1) is 19.1. The Bertz CT molecular complexity index is 1330. The van der Waals surface area contributed by atoms with Gasteiger partial charge < -0.3 is 29.9 Å². The number of rotatable bonds is 6. The maximum Gasteiger partial charge on any atom is 0.410 e. The van der Waals surface area contributed by atoms with E-state index in [2.05, 4.69) is 15.5 Å². The molecule has 0 bridgehead atoms. The molecule has 1 aliphatic heterocycles. The molecule has 4 rings (SSSR count). The van der Waals surface area contributed by atoms with E-state index in [-0.39, 0.29) is 17.9 Å². The van der Waals surface area contributed by atoms with Gasteiger partial charge in [-0.2, -0.15) is 0 Å². The first kappa shape index (κ1) is 28.5. The third kappa shape index (κ3) is 7.53. The minimum Gasteiger partial charge on any atom is -0.497 e. The fourth-order valence-corrected chi connectivity index (χ4v) is 4.34. The molecule has 3 aromatic carbocycles. The SMILES string of the molecule is COc1ccc(C(=O)Nc2ccccc2NC(=O)c2ccc(N3CCCN(C(=O)OC(C)(C)C)CC3)cc2)cc1. The third-order valence-corrected chi connectivity index (χ3v) is 6.42. The zero-order valence-electron chi connectivity index (χ0n) is 23.4. The van der Waals surface area contributed by atoms with Crippen LogP contribution in [0.1, 0.15) is 47.9 Å². The molecule has 210 valence electrons. The Kier molecular flexibility index (Phi) is 8.93. The van der Waals surface area contributed by atoms with Crippen molar-refractivity contribution in [3.05, 3.63) is 83.9 Å². The molecule has 1 saturated heterocycles. The number of anilines is 3. The second kappa shape index (κ2) is 12.5. The first-order valence-corrected chi connectivity index (χ1v) is 13.3. The molecule has 0 unspecified atom stereocenters. The first-order valence-electron chi connectivity index (χ1n) is 13.3. The van der Waals surface area contributed by atoms with Crippen LogP contribution < -0.4 is 20.3 Å². The van der Waals surface area contributed by atoms with Gasteiger partial charge in [0.25, 0.3) is 11.8 Å². The summed E-state index contributed by atoms with van der Waals surface area (Å²) in [4.78, 5) is 42.2. The largest absolute Gasteiger partial charge is 0.497 e. The molecule has 0 saturated carbocycles. The van der Waals surface area contributed by atoms with Gasteiger partial charge in [0.1, 0.15) is 11.4 Å². The van der Waals surface area contributed by atoms with Crippen molar-refractivity contribution in [1.82, 2.24) is 4.90 Å². The fraction of sp³-hybridized carbons (Fsp3) is 0.323. The smallest absolute Gasteiger partial charge is 0.410 e. The minimum absolute atomic E-state index is 0.287. The van der Waals surface area contributed by atoms with Crippen LogP contribution >= 0.6 is 0 Å². The number of para-hydroxylation sites is 2. The van der Waals surface area contributed by atoms with E-state index in [1.54, 1.807) is 72.7 Å². The van der Waals surface area contributed by atoms with Crippen molar-refractivity contribution in [2.24, 2.45) is 0 Å². The lowest BCUT2D eigenvalue weighted by Gasteiger charge is -2.27. The van der Waals surface area contributed by atoms with Crippen LogP contribution in [0.25, 0.3) is 0 Å². The minimum atomic E-state index is -0.526. The van der Waals surface area contributed by atoms with Crippen LogP contribution in [0.4, 0.5) is 21.9 Å². The lowest BCUT2D eigenvalue weighted by Crippen LogP contribution is -2.39. The Labute approximate surface area is 235 Å². The fourth-order valence-electron chi connectivity index (χ4n) is 4.34. The zero-order chi connectivity index (χ0) is 28.7. The van der Waals surface area contributed by atoms with Crippen LogP contribution in [0.15, 0.2) is 72.8 Å². The van der Waals surface area contributed by atoms with Gasteiger partial charge in [-0.05, 0) is 87.9 Å². The van der Waals surface area contributed by atoms with Crippen molar-refractivity contribution in [3.8, 4) is 5.75 Å². The monoisotopic (exact) mass is 544 g/mol. The van der Waals surface area contributed by atoms with E-state index in [4.69, 9.17) is 9.47 Å². The third-order valence-electron chi connectivity index (χ3n) is 6.42. The topological polar surface area (TPSA) is 100 Å². The maximum atomic E-state index is 13.1. The summed E-state index contributed by atoms with van der Waals surface area (Å²) in [5.74, 6) is 0.0786. The molecule has 1 aliphatic rings. The van der Waals surface area contributed by atoms with Crippen LogP contribution in [0.5, 0.6) is 5.75 Å². The Morgan fingerprint density at radius 2 is 1.27 bits per heavy atom. The molecule has 9 nitrogen and oxygen atoms in total. The summed E-state index contributed by atoms with van der Waals surface area (Å²) in [6.45, 7) is 8.27. The van der Waals surface area contributed by atoms with E-state index < -0.39 is 5.60 Å². The highest BCUT2D eigenvalue weighted by Gasteiger charge is 2.24. The highest BCUT2D eigenvalue weighted by molar-refractivity contribution is 6.10. The van der Waals surface area contributed by atoms with E-state index in [1.807, 2.05) is 32.9 Å². The highest BCUT2D eigenvalue weighted by atomic mass is 16.6. The van der Waals surface area contributed by atoms with Crippen molar-refractivity contribution in [2.75, 3.05) is 48.8 Å². The molecule has 1 fully saturated rings. The molecule has 1 heterocycles. The Morgan fingerprint density at radius 3 is 1.80 bits per heavy atom. The zero-order valence-corrected chi connectivity index (χ0v) is 23.4. The lowest BCUT2D eigenvalue weighted by atomic mass is 10.1. The second-order valence-electron chi connectivity index (χ2n) is 10.5. The van der Waals surface area contributed by atoms with Gasteiger partial charge in [0, 0.05) is 43.0 Å². The van der Waals surface area contributed by atoms with Crippen LogP contribution in [-0.4, -0.2) is 61.7 Å². The summed E-state index contributed by atoms with van der Waals surface area (Å²) < 4.78 is 10.7. The van der Waals surface area contributed by atoms with E-state index in [1.165, 1.54) is 0 Å². The summed E-state index contributed by atoms with van der Waals surface area (Å²) in [6, 6.07) is 21.2. The molecule has 0 atom stereocenters. The molecule has 0 aliphatic carbocycles. The standard InChI is InChI=1S/C31H36N4O5/c1-31(2,3)40-30(38)35-19-7-18-34(20-21-35)24-14-10-22(11-15-24)28(36)32-26-8-5-6-9-27(26)33-29(37)23-12-16-25(39-4)17-13-23/h5-6,8-17H,7,18-21H2,1-4H3,(H,32,36)(H,33,37). The number of hydrogen-bond acceptors (Lipinski definition) is 6. The Hall–Kier alpha value is -4.53. The molecular weight excluding hydrogens is 508 g/mol. The summed E-state index contributed by atoms with van der Waals surface area (Å²) in [6.07, 6.45) is 0.530. The predicted octanol–water partition coefficient (Wildman–Crippen LogP) is 5.65. The summed E-state index contributed by atoms with van der Waals surface area (Å²) in [5.41, 5.74) is 2.41. The number of methoxy groups -OCH3 is 1. The van der Waals surface area contributed by atoms with E-state index >= 15 is 0 Å². The predicted molar refractivity (Wildman–Crippen MR) is 156 cm³/mol. The summed E-state index contributed by atoms with van der Waals surface area (Å²) >= 11 is 0. The Balaban J connectivity index is 1.37. The quantitative estimate of drug-likeness (QED) is 0.416. The van der Waals surface area contributed by atoms with Crippen molar-refractivity contribution in [3.63, 3.8) is 0 Å². The van der Waals surface area contributed by atoms with Crippen molar-refractivity contribution in [1.29, 1.82) is 0 Å². The average molecular weight is 545 g/mol. The van der Waals surface area contributed by atoms with E-state index in [0.29, 0.717) is 47.9 Å². The number of amides is 3. The van der Waals surface area contributed by atoms with E-state index in [0.717, 1.165) is 18.7 Å². The van der Waals surface area contributed by atoms with Crippen LogP contribution in [0.2, 0.25) is 0 Å². The van der Waals surface area contributed by atoms with Crippen molar-refractivity contribution < 1.29 is 23.9 Å². The molecule has 0 radical (unpaired) electrons. The molecular formula is C31H36N4O5. The van der Waals surface area contributed by atoms with Gasteiger partial charge in [-0.15, -0.1) is 0 Å². The molecule has 40 heavy (non-hydrogen) atoms. The van der Waals surface area contributed by atoms with Gasteiger partial charge in [0.15, 0.2) is 0 Å². The lowest BCUT2D eigenvalue weighted by molar-refractivity contribution is 0.0263. The van der Waals surface area contributed by atoms with Crippen LogP contribution in [-0.2, 0) is 4.74 Å². The number of nitrogens with zero attached hydrogens (tertiary/aromatic N) is 2. The van der Waals surface area contributed by atoms with E-state index in [9.17, 15) is 14.4 Å². The van der Waals surface area contributed by atoms with Crippen LogP contribution in [0.3, 0.4) is 0 Å². The molecule has 3 aromatic rings. The van der Waals surface area contributed by atoms with Gasteiger partial charge in [-0.3, -0.25) is 9.59 Å². The molecule has 3 amide bonds. The number of nitrogens with one attached hydrogen (secondary N) is 2. The number of carbonyl (C=O) groups is 3. The number of benzene rings is 3. The number of ether oxygens (including phenoxy) is 2. The number of carbonyl (C=O) groups excluding carboxylic acids is 3. The van der Waals surface area contributed by atoms with Crippen LogP contribution in [0, 0.1) is 0 Å². The molecule has 9 heteroatoms. The number of hydrogen-bond donors (Lipinski definition) is 2. The highest BCUT2D eigenvalue weighted by Crippen LogP contribution is 2.24. The van der Waals surface area contributed by atoms with Crippen molar-refractivity contribution >= 4 is 35.0 Å². The van der Waals surface area contributed by atoms with Gasteiger partial charge in [0.2, 0.25) is 0 Å². The maximum absolute atomic E-state index is 13.1.